The van der Waals surface area contributed by atoms with E-state index in [1.165, 1.54) is 0 Å². The Labute approximate surface area is 159 Å². The van der Waals surface area contributed by atoms with Gasteiger partial charge < -0.3 is 9.47 Å². The minimum atomic E-state index is 0.560. The van der Waals surface area contributed by atoms with Crippen LogP contribution in [0.15, 0.2) is 59.0 Å². The molecule has 1 aromatic heterocycles. The Bertz CT molecular complexity index is 927. The van der Waals surface area contributed by atoms with E-state index < -0.39 is 0 Å². The van der Waals surface area contributed by atoms with Crippen LogP contribution in [-0.4, -0.2) is 34.3 Å². The van der Waals surface area contributed by atoms with Crippen LogP contribution in [0.4, 0.5) is 0 Å². The van der Waals surface area contributed by atoms with Crippen LogP contribution in [-0.2, 0) is 5.75 Å². The molecule has 3 aromatic rings. The third-order valence-electron chi connectivity index (χ3n) is 3.68. The van der Waals surface area contributed by atoms with Gasteiger partial charge >= 0.3 is 0 Å². The first kappa shape index (κ1) is 16.9. The normalized spacial score (nSPS) is 13.3. The van der Waals surface area contributed by atoms with Crippen LogP contribution >= 0.6 is 23.4 Å². The molecule has 1 aliphatic rings. The Morgan fingerprint density at radius 3 is 2.77 bits per heavy atom. The minimum absolute atomic E-state index is 0.560. The summed E-state index contributed by atoms with van der Waals surface area (Å²) in [6.07, 6.45) is 3.33. The second-order valence-corrected chi connectivity index (χ2v) is 6.90. The zero-order chi connectivity index (χ0) is 17.8. The smallest absolute Gasteiger partial charge is 0.212 e. The number of thioether (sulfide) groups is 1. The zero-order valence-electron chi connectivity index (χ0n) is 13.7. The summed E-state index contributed by atoms with van der Waals surface area (Å²) in [5, 5.41) is 14.0. The number of benzene rings is 2. The molecule has 0 spiro atoms. The summed E-state index contributed by atoms with van der Waals surface area (Å²) in [5.74, 6) is 2.26. The van der Waals surface area contributed by atoms with E-state index in [2.05, 4.69) is 15.3 Å². The predicted octanol–water partition coefficient (Wildman–Crippen LogP) is 3.88. The predicted molar refractivity (Wildman–Crippen MR) is 101 cm³/mol. The first-order chi connectivity index (χ1) is 12.8. The van der Waals surface area contributed by atoms with Gasteiger partial charge in [-0.05, 0) is 41.5 Å². The van der Waals surface area contributed by atoms with Crippen molar-refractivity contribution in [1.29, 1.82) is 0 Å². The fourth-order valence-electron chi connectivity index (χ4n) is 2.39. The van der Waals surface area contributed by atoms with Gasteiger partial charge in [0, 0.05) is 10.8 Å². The number of halogens is 1. The van der Waals surface area contributed by atoms with Gasteiger partial charge in [0.05, 0.1) is 6.21 Å². The second-order valence-electron chi connectivity index (χ2n) is 5.52. The molecule has 0 N–H and O–H groups in total. The molecular weight excluding hydrogens is 372 g/mol. The van der Waals surface area contributed by atoms with Crippen LogP contribution in [0.2, 0.25) is 5.02 Å². The molecule has 2 aromatic carbocycles. The number of fused-ring (bicyclic) bond motifs is 1. The van der Waals surface area contributed by atoms with Crippen molar-refractivity contribution in [3.8, 4) is 11.5 Å². The average Bonchev–Trinajstić information content (AvgIpc) is 3.13. The highest BCUT2D eigenvalue weighted by molar-refractivity contribution is 7.98. The molecule has 1 aliphatic heterocycles. The van der Waals surface area contributed by atoms with E-state index in [-0.39, 0.29) is 0 Å². The van der Waals surface area contributed by atoms with Gasteiger partial charge in [-0.1, -0.05) is 35.5 Å². The SMILES string of the molecule is Clc1ccc(CSc2nncn2N=Cc2ccc3c(c2)OCCO3)cc1. The van der Waals surface area contributed by atoms with Crippen molar-refractivity contribution in [3.63, 3.8) is 0 Å². The molecule has 0 unspecified atom stereocenters. The standard InChI is InChI=1S/C18H15ClN4O2S/c19-15-4-1-13(2-5-15)11-26-18-22-20-12-23(18)21-10-14-3-6-16-17(9-14)25-8-7-24-16/h1-6,9-10,12H,7-8,11H2. The highest BCUT2D eigenvalue weighted by Gasteiger charge is 2.11. The lowest BCUT2D eigenvalue weighted by Crippen LogP contribution is -2.15. The summed E-state index contributed by atoms with van der Waals surface area (Å²) in [6, 6.07) is 13.5. The number of ether oxygens (including phenoxy) is 2. The number of hydrogen-bond acceptors (Lipinski definition) is 6. The molecule has 0 bridgehead atoms. The largest absolute Gasteiger partial charge is 0.486 e. The fourth-order valence-corrected chi connectivity index (χ4v) is 3.34. The summed E-state index contributed by atoms with van der Waals surface area (Å²) in [5.41, 5.74) is 2.07. The number of rotatable bonds is 5. The van der Waals surface area contributed by atoms with E-state index >= 15 is 0 Å². The van der Waals surface area contributed by atoms with Crippen molar-refractivity contribution >= 4 is 29.6 Å². The van der Waals surface area contributed by atoms with Crippen molar-refractivity contribution < 1.29 is 9.47 Å². The Hall–Kier alpha value is -2.51. The lowest BCUT2D eigenvalue weighted by Gasteiger charge is -2.18. The van der Waals surface area contributed by atoms with Crippen molar-refractivity contribution in [2.45, 2.75) is 10.9 Å². The summed E-state index contributed by atoms with van der Waals surface area (Å²) in [6.45, 7) is 1.14. The fraction of sp³-hybridized carbons (Fsp3) is 0.167. The highest BCUT2D eigenvalue weighted by atomic mass is 35.5. The molecule has 0 amide bonds. The number of nitrogens with zero attached hydrogens (tertiary/aromatic N) is 4. The van der Waals surface area contributed by atoms with E-state index in [1.54, 1.807) is 29.0 Å². The van der Waals surface area contributed by atoms with E-state index in [9.17, 15) is 0 Å². The van der Waals surface area contributed by atoms with Gasteiger partial charge in [0.2, 0.25) is 5.16 Å². The van der Waals surface area contributed by atoms with Gasteiger partial charge in [-0.2, -0.15) is 9.78 Å². The summed E-state index contributed by atoms with van der Waals surface area (Å²) >= 11 is 7.47. The topological polar surface area (TPSA) is 61.5 Å². The van der Waals surface area contributed by atoms with E-state index in [1.807, 2.05) is 42.5 Å². The molecule has 2 heterocycles. The Balaban J connectivity index is 1.45. The molecule has 0 fully saturated rings. The van der Waals surface area contributed by atoms with Crippen molar-refractivity contribution in [1.82, 2.24) is 14.9 Å². The van der Waals surface area contributed by atoms with Gasteiger partial charge in [-0.15, -0.1) is 10.2 Å². The van der Waals surface area contributed by atoms with Gasteiger partial charge in [-0.25, -0.2) is 0 Å². The van der Waals surface area contributed by atoms with Crippen molar-refractivity contribution in [2.75, 3.05) is 13.2 Å². The molecule has 26 heavy (non-hydrogen) atoms. The van der Waals surface area contributed by atoms with E-state index in [0.29, 0.717) is 18.4 Å². The molecule has 0 aliphatic carbocycles. The summed E-state index contributed by atoms with van der Waals surface area (Å²) in [4.78, 5) is 0. The summed E-state index contributed by atoms with van der Waals surface area (Å²) in [7, 11) is 0. The van der Waals surface area contributed by atoms with Crippen LogP contribution in [0.25, 0.3) is 0 Å². The maximum absolute atomic E-state index is 5.91. The molecule has 4 rings (SSSR count). The first-order valence-corrected chi connectivity index (χ1v) is 9.35. The van der Waals surface area contributed by atoms with Crippen molar-refractivity contribution in [3.05, 3.63) is 64.9 Å². The molecule has 132 valence electrons. The van der Waals surface area contributed by atoms with Gasteiger partial charge in [0.1, 0.15) is 19.5 Å². The minimum Gasteiger partial charge on any atom is -0.486 e. The Morgan fingerprint density at radius 2 is 1.92 bits per heavy atom. The molecular formula is C18H15ClN4O2S. The van der Waals surface area contributed by atoms with Crippen LogP contribution < -0.4 is 9.47 Å². The quantitative estimate of drug-likeness (QED) is 0.492. The number of hydrogen-bond donors (Lipinski definition) is 0. The molecule has 6 nitrogen and oxygen atoms in total. The lowest BCUT2D eigenvalue weighted by atomic mass is 10.2. The highest BCUT2D eigenvalue weighted by Crippen LogP contribution is 2.30. The van der Waals surface area contributed by atoms with Crippen LogP contribution in [0, 0.1) is 0 Å². The Kier molecular flexibility index (Phi) is 5.08. The van der Waals surface area contributed by atoms with E-state index in [0.717, 1.165) is 33.4 Å². The number of aromatic nitrogens is 3. The van der Waals surface area contributed by atoms with E-state index in [4.69, 9.17) is 21.1 Å². The second kappa shape index (κ2) is 7.80. The summed E-state index contributed by atoms with van der Waals surface area (Å²) < 4.78 is 12.8. The molecule has 0 saturated carbocycles. The van der Waals surface area contributed by atoms with Crippen LogP contribution in [0.1, 0.15) is 11.1 Å². The average molecular weight is 387 g/mol. The van der Waals surface area contributed by atoms with Crippen LogP contribution in [0.3, 0.4) is 0 Å². The van der Waals surface area contributed by atoms with Gasteiger partial charge in [0.15, 0.2) is 11.5 Å². The van der Waals surface area contributed by atoms with Crippen molar-refractivity contribution in [2.24, 2.45) is 5.10 Å². The lowest BCUT2D eigenvalue weighted by molar-refractivity contribution is 0.171. The Morgan fingerprint density at radius 1 is 1.12 bits per heavy atom. The van der Waals surface area contributed by atoms with Crippen LogP contribution in [0.5, 0.6) is 11.5 Å². The van der Waals surface area contributed by atoms with Gasteiger partial charge in [0.25, 0.3) is 0 Å². The molecule has 0 atom stereocenters. The molecule has 0 radical (unpaired) electrons. The maximum Gasteiger partial charge on any atom is 0.212 e. The van der Waals surface area contributed by atoms with Gasteiger partial charge in [-0.3, -0.25) is 0 Å². The molecule has 0 saturated heterocycles. The monoisotopic (exact) mass is 386 g/mol. The maximum atomic E-state index is 5.91. The molecule has 8 heteroatoms. The third kappa shape index (κ3) is 4.00. The third-order valence-corrected chi connectivity index (χ3v) is 4.94. The first-order valence-electron chi connectivity index (χ1n) is 7.99. The zero-order valence-corrected chi connectivity index (χ0v) is 15.3.